The van der Waals surface area contributed by atoms with Crippen LogP contribution in [0.5, 0.6) is 5.88 Å². The smallest absolute Gasteiger partial charge is 0.223 e. The van der Waals surface area contributed by atoms with Gasteiger partial charge in [-0.2, -0.15) is 4.98 Å². The zero-order valence-corrected chi connectivity index (χ0v) is 19.3. The van der Waals surface area contributed by atoms with E-state index in [1.54, 1.807) is 0 Å². The van der Waals surface area contributed by atoms with Gasteiger partial charge >= 0.3 is 0 Å². The molecule has 4 rings (SSSR count). The molecule has 2 aliphatic rings. The normalized spacial score (nSPS) is 21.6. The number of hydrogen-bond donors (Lipinski definition) is 0. The van der Waals surface area contributed by atoms with Gasteiger partial charge in [0.1, 0.15) is 11.9 Å². The maximum atomic E-state index is 6.51. The van der Waals surface area contributed by atoms with Crippen molar-refractivity contribution in [1.82, 2.24) is 14.8 Å². The molecule has 7 nitrogen and oxygen atoms in total. The Bertz CT molecular complexity index is 890. The van der Waals surface area contributed by atoms with Gasteiger partial charge in [-0.15, -0.1) is 0 Å². The Morgan fingerprint density at radius 2 is 1.71 bits per heavy atom. The van der Waals surface area contributed by atoms with Crippen LogP contribution in [0.15, 0.2) is 35.3 Å². The van der Waals surface area contributed by atoms with E-state index in [1.165, 1.54) is 5.39 Å². The minimum atomic E-state index is 0.185. The summed E-state index contributed by atoms with van der Waals surface area (Å²) in [6.45, 7) is 3.23. The van der Waals surface area contributed by atoms with E-state index in [-0.39, 0.29) is 6.10 Å². The lowest BCUT2D eigenvalue weighted by atomic mass is 9.93. The van der Waals surface area contributed by atoms with Gasteiger partial charge in [-0.05, 0) is 43.2 Å². The van der Waals surface area contributed by atoms with Gasteiger partial charge in [0, 0.05) is 46.7 Å². The van der Waals surface area contributed by atoms with Crippen molar-refractivity contribution in [1.29, 1.82) is 0 Å². The lowest BCUT2D eigenvalue weighted by Crippen LogP contribution is -2.37. The minimum Gasteiger partial charge on any atom is -0.474 e. The van der Waals surface area contributed by atoms with E-state index in [9.17, 15) is 0 Å². The first-order valence-corrected chi connectivity index (χ1v) is 11.3. The Kier molecular flexibility index (Phi) is 6.80. The van der Waals surface area contributed by atoms with E-state index in [4.69, 9.17) is 19.5 Å². The molecule has 31 heavy (non-hydrogen) atoms. The molecule has 0 spiro atoms. The molecular weight excluding hydrogens is 390 g/mol. The van der Waals surface area contributed by atoms with Gasteiger partial charge < -0.3 is 24.2 Å². The van der Waals surface area contributed by atoms with Crippen molar-refractivity contribution in [3.63, 3.8) is 0 Å². The molecule has 2 aromatic rings. The number of nitrogens with zero attached hydrogens (tertiary/aromatic N) is 5. The summed E-state index contributed by atoms with van der Waals surface area (Å²) in [6, 6.07) is 10.9. The number of pyridine rings is 1. The minimum absolute atomic E-state index is 0.185. The van der Waals surface area contributed by atoms with E-state index < -0.39 is 0 Å². The predicted molar refractivity (Wildman–Crippen MR) is 126 cm³/mol. The number of anilines is 1. The molecular formula is C24H35N5O2. The van der Waals surface area contributed by atoms with Crippen molar-refractivity contribution >= 4 is 22.5 Å². The van der Waals surface area contributed by atoms with Crippen LogP contribution >= 0.6 is 0 Å². The van der Waals surface area contributed by atoms with Gasteiger partial charge in [-0.3, -0.25) is 0 Å². The number of benzene rings is 1. The highest BCUT2D eigenvalue weighted by Gasteiger charge is 2.25. The Morgan fingerprint density at radius 3 is 2.39 bits per heavy atom. The third-order valence-corrected chi connectivity index (χ3v) is 6.05. The second-order valence-corrected chi connectivity index (χ2v) is 8.87. The maximum absolute atomic E-state index is 6.51. The largest absolute Gasteiger partial charge is 0.474 e. The molecule has 1 aliphatic heterocycles. The number of fused-ring (bicyclic) bond motifs is 1. The summed E-state index contributed by atoms with van der Waals surface area (Å²) >= 11 is 0. The zero-order chi connectivity index (χ0) is 21.8. The average molecular weight is 426 g/mol. The summed E-state index contributed by atoms with van der Waals surface area (Å²) < 4.78 is 12.0. The first-order chi connectivity index (χ1) is 15.0. The molecule has 0 bridgehead atoms. The standard InChI is InChI=1S/C24H35N5O2/c1-27(2)24(28(3)4)25-19-9-11-20(12-10-19)31-23-21-8-6-5-7-18(21)17-22(26-23)29-13-15-30-16-14-29/h5-8,17,19-20H,9-16H2,1-4H3/t19-,20+. The van der Waals surface area contributed by atoms with Gasteiger partial charge in [0.05, 0.1) is 19.3 Å². The molecule has 1 aromatic carbocycles. The van der Waals surface area contributed by atoms with Gasteiger partial charge in [-0.25, -0.2) is 4.99 Å². The molecule has 2 fully saturated rings. The summed E-state index contributed by atoms with van der Waals surface area (Å²) in [6.07, 6.45) is 4.26. The lowest BCUT2D eigenvalue weighted by molar-refractivity contribution is 0.122. The van der Waals surface area contributed by atoms with Crippen LogP contribution < -0.4 is 9.64 Å². The van der Waals surface area contributed by atoms with E-state index in [0.717, 1.165) is 75.0 Å². The maximum Gasteiger partial charge on any atom is 0.223 e. The topological polar surface area (TPSA) is 53.4 Å². The third kappa shape index (κ3) is 5.21. The Morgan fingerprint density at radius 1 is 1.03 bits per heavy atom. The number of aromatic nitrogens is 1. The van der Waals surface area contributed by atoms with Crippen LogP contribution in [0.25, 0.3) is 10.8 Å². The molecule has 7 heteroatoms. The predicted octanol–water partition coefficient (Wildman–Crippen LogP) is 3.24. The van der Waals surface area contributed by atoms with Crippen molar-refractivity contribution in [2.45, 2.75) is 37.8 Å². The molecule has 1 saturated heterocycles. The van der Waals surface area contributed by atoms with Crippen molar-refractivity contribution in [2.75, 3.05) is 59.4 Å². The number of morpholine rings is 1. The summed E-state index contributed by atoms with van der Waals surface area (Å²) in [5, 5.41) is 2.26. The highest BCUT2D eigenvalue weighted by molar-refractivity contribution is 5.89. The van der Waals surface area contributed by atoms with E-state index in [2.05, 4.69) is 45.0 Å². The fraction of sp³-hybridized carbons (Fsp3) is 0.583. The van der Waals surface area contributed by atoms with Crippen LogP contribution in [0, 0.1) is 0 Å². The summed E-state index contributed by atoms with van der Waals surface area (Å²) in [5.41, 5.74) is 0. The molecule has 0 amide bonds. The fourth-order valence-electron chi connectivity index (χ4n) is 4.44. The molecule has 0 atom stereocenters. The molecule has 1 saturated carbocycles. The Labute approximate surface area is 185 Å². The first kappa shape index (κ1) is 21.7. The number of aliphatic imine (C=N–C) groups is 1. The molecule has 1 aromatic heterocycles. The summed E-state index contributed by atoms with van der Waals surface area (Å²) in [7, 11) is 8.19. The Balaban J connectivity index is 1.48. The highest BCUT2D eigenvalue weighted by Crippen LogP contribution is 2.32. The van der Waals surface area contributed by atoms with Gasteiger partial charge in [0.15, 0.2) is 5.96 Å². The summed E-state index contributed by atoms with van der Waals surface area (Å²) in [4.78, 5) is 16.4. The second-order valence-electron chi connectivity index (χ2n) is 8.87. The van der Waals surface area contributed by atoms with Crippen molar-refractivity contribution in [2.24, 2.45) is 4.99 Å². The average Bonchev–Trinajstić information content (AvgIpc) is 2.78. The second kappa shape index (κ2) is 9.73. The van der Waals surface area contributed by atoms with Crippen molar-refractivity contribution in [3.8, 4) is 5.88 Å². The monoisotopic (exact) mass is 425 g/mol. The third-order valence-electron chi connectivity index (χ3n) is 6.05. The molecule has 2 heterocycles. The van der Waals surface area contributed by atoms with Crippen LogP contribution in [0.4, 0.5) is 5.82 Å². The first-order valence-electron chi connectivity index (χ1n) is 11.3. The van der Waals surface area contributed by atoms with Crippen LogP contribution in [-0.2, 0) is 4.74 Å². The molecule has 168 valence electrons. The van der Waals surface area contributed by atoms with Crippen molar-refractivity contribution < 1.29 is 9.47 Å². The van der Waals surface area contributed by atoms with E-state index >= 15 is 0 Å². The molecule has 0 N–H and O–H groups in total. The highest BCUT2D eigenvalue weighted by atomic mass is 16.5. The molecule has 0 radical (unpaired) electrons. The van der Waals surface area contributed by atoms with Gasteiger partial charge in [-0.1, -0.05) is 18.2 Å². The van der Waals surface area contributed by atoms with E-state index in [1.807, 2.05) is 28.2 Å². The lowest BCUT2D eigenvalue weighted by Gasteiger charge is -2.31. The Hall–Kier alpha value is -2.54. The fourth-order valence-corrected chi connectivity index (χ4v) is 4.44. The van der Waals surface area contributed by atoms with Crippen molar-refractivity contribution in [3.05, 3.63) is 30.3 Å². The summed E-state index contributed by atoms with van der Waals surface area (Å²) in [5.74, 6) is 2.76. The van der Waals surface area contributed by atoms with Gasteiger partial charge in [0.2, 0.25) is 5.88 Å². The number of hydrogen-bond acceptors (Lipinski definition) is 5. The van der Waals surface area contributed by atoms with Crippen LogP contribution in [0.3, 0.4) is 0 Å². The van der Waals surface area contributed by atoms with E-state index in [0.29, 0.717) is 6.04 Å². The zero-order valence-electron chi connectivity index (χ0n) is 19.3. The van der Waals surface area contributed by atoms with Crippen LogP contribution in [-0.4, -0.2) is 87.4 Å². The van der Waals surface area contributed by atoms with Crippen LogP contribution in [0.1, 0.15) is 25.7 Å². The number of guanidine groups is 1. The SMILES string of the molecule is CN(C)C(=N[C@H]1CC[C@@H](Oc2nc(N3CCOCC3)cc3ccccc23)CC1)N(C)C. The van der Waals surface area contributed by atoms with Crippen LogP contribution in [0.2, 0.25) is 0 Å². The number of ether oxygens (including phenoxy) is 2. The van der Waals surface area contributed by atoms with Gasteiger partial charge in [0.25, 0.3) is 0 Å². The molecule has 0 unspecified atom stereocenters. The quantitative estimate of drug-likeness (QED) is 0.554. The number of rotatable bonds is 4. The molecule has 1 aliphatic carbocycles.